The van der Waals surface area contributed by atoms with Crippen LogP contribution in [0.25, 0.3) is 0 Å². The molecule has 0 aliphatic rings. The van der Waals surface area contributed by atoms with Gasteiger partial charge in [0.25, 0.3) is 0 Å². The number of urea groups is 1. The van der Waals surface area contributed by atoms with E-state index in [9.17, 15) is 9.59 Å². The van der Waals surface area contributed by atoms with Crippen LogP contribution in [-0.4, -0.2) is 17.1 Å². The first-order valence-electron chi connectivity index (χ1n) is 5.77. The molecule has 0 atom stereocenters. The minimum atomic E-state index is -1.17. The molecule has 0 radical (unpaired) electrons. The smallest absolute Gasteiger partial charge is 0.371 e. The van der Waals surface area contributed by atoms with Crippen molar-refractivity contribution in [1.82, 2.24) is 5.32 Å². The Labute approximate surface area is 129 Å². The van der Waals surface area contributed by atoms with Crippen molar-refractivity contribution < 1.29 is 19.1 Å². The molecule has 0 saturated heterocycles. The van der Waals surface area contributed by atoms with E-state index >= 15 is 0 Å². The first kappa shape index (κ1) is 15.2. The van der Waals surface area contributed by atoms with Crippen molar-refractivity contribution >= 4 is 40.9 Å². The highest BCUT2D eigenvalue weighted by Gasteiger charge is 2.10. The summed E-state index contributed by atoms with van der Waals surface area (Å²) in [5.74, 6) is -1.02. The van der Waals surface area contributed by atoms with Crippen LogP contribution in [0, 0.1) is 0 Å². The lowest BCUT2D eigenvalue weighted by molar-refractivity contribution is 0.0660. The molecule has 0 aliphatic heterocycles. The van der Waals surface area contributed by atoms with E-state index < -0.39 is 12.0 Å². The predicted octanol–water partition coefficient (Wildman–Crippen LogP) is 3.61. The highest BCUT2D eigenvalue weighted by Crippen LogP contribution is 2.24. The quantitative estimate of drug-likeness (QED) is 0.799. The Morgan fingerprint density at radius 3 is 2.52 bits per heavy atom. The number of anilines is 1. The van der Waals surface area contributed by atoms with Gasteiger partial charge in [0.1, 0.15) is 5.76 Å². The van der Waals surface area contributed by atoms with Crippen molar-refractivity contribution in [3.05, 3.63) is 51.9 Å². The van der Waals surface area contributed by atoms with E-state index in [1.165, 1.54) is 18.2 Å². The van der Waals surface area contributed by atoms with E-state index in [-0.39, 0.29) is 12.3 Å². The van der Waals surface area contributed by atoms with Gasteiger partial charge >= 0.3 is 12.0 Å². The summed E-state index contributed by atoms with van der Waals surface area (Å²) in [5.41, 5.74) is 0.479. The monoisotopic (exact) mass is 328 g/mol. The summed E-state index contributed by atoms with van der Waals surface area (Å²) in [7, 11) is 0. The number of carboxylic acids is 1. The predicted molar refractivity (Wildman–Crippen MR) is 78.0 cm³/mol. The molecule has 1 heterocycles. The third-order valence-corrected chi connectivity index (χ3v) is 3.21. The number of hydrogen-bond donors (Lipinski definition) is 3. The maximum Gasteiger partial charge on any atom is 0.371 e. The van der Waals surface area contributed by atoms with E-state index in [1.54, 1.807) is 12.1 Å². The van der Waals surface area contributed by atoms with Gasteiger partial charge in [0.2, 0.25) is 5.76 Å². The molecule has 2 aromatic rings. The van der Waals surface area contributed by atoms with Gasteiger partial charge in [0, 0.05) is 5.69 Å². The maximum absolute atomic E-state index is 11.7. The number of hydrogen-bond acceptors (Lipinski definition) is 3. The Hall–Kier alpha value is -2.18. The van der Waals surface area contributed by atoms with Crippen LogP contribution >= 0.6 is 23.2 Å². The Balaban J connectivity index is 1.89. The van der Waals surface area contributed by atoms with Crippen LogP contribution in [-0.2, 0) is 6.54 Å². The fourth-order valence-corrected chi connectivity index (χ4v) is 1.80. The van der Waals surface area contributed by atoms with E-state index in [0.717, 1.165) is 0 Å². The average Bonchev–Trinajstić information content (AvgIpc) is 2.90. The first-order chi connectivity index (χ1) is 9.95. The molecule has 6 nitrogen and oxygen atoms in total. The Bertz CT molecular complexity index is 685. The molecule has 0 aliphatic carbocycles. The van der Waals surface area contributed by atoms with E-state index in [4.69, 9.17) is 32.7 Å². The number of furan rings is 1. The maximum atomic E-state index is 11.7. The minimum absolute atomic E-state index is 0.0560. The number of rotatable bonds is 4. The van der Waals surface area contributed by atoms with Gasteiger partial charge in [0.05, 0.1) is 16.6 Å². The van der Waals surface area contributed by atoms with Gasteiger partial charge in [-0.1, -0.05) is 23.2 Å². The molecule has 0 fully saturated rings. The molecular weight excluding hydrogens is 319 g/mol. The molecule has 0 bridgehead atoms. The number of carbonyl (C=O) groups excluding carboxylic acids is 1. The molecule has 2 rings (SSSR count). The fraction of sp³-hybridized carbons (Fsp3) is 0.0769. The average molecular weight is 329 g/mol. The summed E-state index contributed by atoms with van der Waals surface area (Å²) < 4.78 is 5.00. The Morgan fingerprint density at radius 1 is 1.14 bits per heavy atom. The van der Waals surface area contributed by atoms with Crippen LogP contribution in [0.4, 0.5) is 10.5 Å². The number of benzene rings is 1. The largest absolute Gasteiger partial charge is 0.475 e. The van der Waals surface area contributed by atoms with Gasteiger partial charge in [-0.25, -0.2) is 9.59 Å². The summed E-state index contributed by atoms with van der Waals surface area (Å²) >= 11 is 11.6. The van der Waals surface area contributed by atoms with Crippen LogP contribution < -0.4 is 10.6 Å². The highest BCUT2D eigenvalue weighted by atomic mass is 35.5. The summed E-state index contributed by atoms with van der Waals surface area (Å²) in [6, 6.07) is 6.98. The highest BCUT2D eigenvalue weighted by molar-refractivity contribution is 6.42. The van der Waals surface area contributed by atoms with E-state index in [0.29, 0.717) is 21.5 Å². The molecule has 8 heteroatoms. The second kappa shape index (κ2) is 6.51. The van der Waals surface area contributed by atoms with Crippen LogP contribution in [0.5, 0.6) is 0 Å². The molecule has 110 valence electrons. The van der Waals surface area contributed by atoms with E-state index in [1.807, 2.05) is 0 Å². The molecule has 1 aromatic heterocycles. The fourth-order valence-electron chi connectivity index (χ4n) is 1.50. The molecule has 21 heavy (non-hydrogen) atoms. The zero-order valence-electron chi connectivity index (χ0n) is 10.5. The van der Waals surface area contributed by atoms with E-state index in [2.05, 4.69) is 10.6 Å². The van der Waals surface area contributed by atoms with Crippen molar-refractivity contribution in [3.63, 3.8) is 0 Å². The number of aromatic carboxylic acids is 1. The minimum Gasteiger partial charge on any atom is -0.475 e. The molecule has 1 aromatic carbocycles. The number of carboxylic acid groups (broad SMARTS) is 1. The lowest BCUT2D eigenvalue weighted by atomic mass is 10.3. The molecule has 3 N–H and O–H groups in total. The Kier molecular flexibility index (Phi) is 4.72. The van der Waals surface area contributed by atoms with Crippen LogP contribution in [0.15, 0.2) is 34.7 Å². The second-order valence-corrected chi connectivity index (χ2v) is 4.82. The van der Waals surface area contributed by atoms with Crippen molar-refractivity contribution in [2.24, 2.45) is 0 Å². The normalized spacial score (nSPS) is 10.2. The molecule has 2 amide bonds. The van der Waals surface area contributed by atoms with Gasteiger partial charge in [0.15, 0.2) is 0 Å². The van der Waals surface area contributed by atoms with Crippen molar-refractivity contribution in [1.29, 1.82) is 0 Å². The number of amides is 2. The summed E-state index contributed by atoms with van der Waals surface area (Å²) in [6.45, 7) is 0.0560. The molecule has 0 saturated carbocycles. The first-order valence-corrected chi connectivity index (χ1v) is 6.53. The summed E-state index contributed by atoms with van der Waals surface area (Å²) in [6.07, 6.45) is 0. The zero-order valence-corrected chi connectivity index (χ0v) is 12.0. The third-order valence-electron chi connectivity index (χ3n) is 2.47. The van der Waals surface area contributed by atoms with Gasteiger partial charge in [-0.2, -0.15) is 0 Å². The Morgan fingerprint density at radius 2 is 1.90 bits per heavy atom. The number of carbonyl (C=O) groups is 2. The second-order valence-electron chi connectivity index (χ2n) is 4.01. The molecule has 0 spiro atoms. The van der Waals surface area contributed by atoms with Crippen molar-refractivity contribution in [2.75, 3.05) is 5.32 Å². The van der Waals surface area contributed by atoms with Gasteiger partial charge in [-0.15, -0.1) is 0 Å². The van der Waals surface area contributed by atoms with Gasteiger partial charge in [-0.05, 0) is 30.3 Å². The standard InChI is InChI=1S/C13H10Cl2N2O4/c14-9-3-1-7(5-10(9)15)17-13(20)16-6-8-2-4-11(21-8)12(18)19/h1-5H,6H2,(H,18,19)(H2,16,17,20). The topological polar surface area (TPSA) is 91.6 Å². The lowest BCUT2D eigenvalue weighted by Crippen LogP contribution is -2.27. The van der Waals surface area contributed by atoms with Crippen LogP contribution in [0.3, 0.4) is 0 Å². The SMILES string of the molecule is O=C(NCc1ccc(C(=O)O)o1)Nc1ccc(Cl)c(Cl)c1. The molecular formula is C13H10Cl2N2O4. The summed E-state index contributed by atoms with van der Waals surface area (Å²) in [4.78, 5) is 22.3. The lowest BCUT2D eigenvalue weighted by Gasteiger charge is -2.07. The van der Waals surface area contributed by atoms with Crippen LogP contribution in [0.2, 0.25) is 10.0 Å². The number of halogens is 2. The number of nitrogens with one attached hydrogen (secondary N) is 2. The summed E-state index contributed by atoms with van der Waals surface area (Å²) in [5, 5.41) is 14.5. The van der Waals surface area contributed by atoms with Crippen LogP contribution in [0.1, 0.15) is 16.3 Å². The van der Waals surface area contributed by atoms with Crippen molar-refractivity contribution in [2.45, 2.75) is 6.54 Å². The molecule has 0 unspecified atom stereocenters. The third kappa shape index (κ3) is 4.14. The zero-order chi connectivity index (χ0) is 15.4. The van der Waals surface area contributed by atoms with Gasteiger partial charge < -0.3 is 20.2 Å². The van der Waals surface area contributed by atoms with Crippen molar-refractivity contribution in [3.8, 4) is 0 Å². The van der Waals surface area contributed by atoms with Gasteiger partial charge in [-0.3, -0.25) is 0 Å².